The van der Waals surface area contributed by atoms with E-state index in [1.165, 1.54) is 16.7 Å². The normalized spacial score (nSPS) is 14.0. The number of rotatable bonds is 5. The molecule has 1 N–H and O–H groups in total. The number of carbonyl (C=O) groups excluding carboxylic acids is 1. The molecule has 1 aliphatic heterocycles. The Labute approximate surface area is 160 Å². The third kappa shape index (κ3) is 3.79. The van der Waals surface area contributed by atoms with Crippen LogP contribution in [-0.2, 0) is 11.2 Å². The number of hydrogen-bond donors (Lipinski definition) is 1. The lowest BCUT2D eigenvalue weighted by molar-refractivity contribution is -0.117. The van der Waals surface area contributed by atoms with E-state index in [9.17, 15) is 4.79 Å². The largest absolute Gasteiger partial charge is 0.311 e. The summed E-state index contributed by atoms with van der Waals surface area (Å²) in [5.74, 6) is 0.119. The average molecular weight is 356 g/mol. The summed E-state index contributed by atoms with van der Waals surface area (Å²) in [5, 5.41) is 3.49. The first-order chi connectivity index (χ1) is 13.2. The first-order valence-corrected chi connectivity index (χ1v) is 9.45. The van der Waals surface area contributed by atoms with Gasteiger partial charge in [0.15, 0.2) is 0 Å². The minimum Gasteiger partial charge on any atom is -0.311 e. The molecule has 0 aliphatic carbocycles. The molecular weight excluding hydrogens is 332 g/mol. The van der Waals surface area contributed by atoms with Crippen molar-refractivity contribution in [3.8, 4) is 0 Å². The van der Waals surface area contributed by atoms with Crippen LogP contribution in [0.15, 0.2) is 78.9 Å². The summed E-state index contributed by atoms with van der Waals surface area (Å²) in [4.78, 5) is 14.8. The Balaban J connectivity index is 1.52. The second kappa shape index (κ2) is 7.77. The fourth-order valence-corrected chi connectivity index (χ4v) is 3.71. The smallest absolute Gasteiger partial charge is 0.240 e. The Morgan fingerprint density at radius 2 is 1.59 bits per heavy atom. The maximum atomic E-state index is 12.9. The molecule has 0 saturated carbocycles. The Hall–Kier alpha value is -2.91. The van der Waals surface area contributed by atoms with E-state index in [-0.39, 0.29) is 11.9 Å². The van der Waals surface area contributed by atoms with E-state index < -0.39 is 0 Å². The van der Waals surface area contributed by atoms with E-state index in [0.29, 0.717) is 6.54 Å². The van der Waals surface area contributed by atoms with E-state index >= 15 is 0 Å². The highest BCUT2D eigenvalue weighted by molar-refractivity contribution is 5.96. The average Bonchev–Trinajstić information content (AvgIpc) is 3.14. The molecule has 0 saturated heterocycles. The lowest BCUT2D eigenvalue weighted by atomic mass is 9.98. The van der Waals surface area contributed by atoms with Gasteiger partial charge in [-0.3, -0.25) is 10.1 Å². The predicted octanol–water partition coefficient (Wildman–Crippen LogP) is 4.26. The van der Waals surface area contributed by atoms with Gasteiger partial charge >= 0.3 is 0 Å². The van der Waals surface area contributed by atoms with Gasteiger partial charge in [-0.05, 0) is 36.1 Å². The molecular formula is C24H24N2O. The van der Waals surface area contributed by atoms with Gasteiger partial charge in [-0.1, -0.05) is 78.4 Å². The SMILES string of the molecule is Cc1ccc([C@H](NCC(=O)N2CCc3ccccc32)c2ccccc2)cc1. The molecule has 3 aromatic rings. The van der Waals surface area contributed by atoms with Crippen molar-refractivity contribution in [1.82, 2.24) is 5.32 Å². The second-order valence-corrected chi connectivity index (χ2v) is 7.06. The molecule has 0 radical (unpaired) electrons. The molecule has 136 valence electrons. The van der Waals surface area contributed by atoms with Gasteiger partial charge in [0.1, 0.15) is 0 Å². The van der Waals surface area contributed by atoms with Crippen LogP contribution in [0, 0.1) is 6.92 Å². The predicted molar refractivity (Wildman–Crippen MR) is 110 cm³/mol. The fourth-order valence-electron chi connectivity index (χ4n) is 3.71. The van der Waals surface area contributed by atoms with E-state index in [4.69, 9.17) is 0 Å². The van der Waals surface area contributed by atoms with Gasteiger partial charge in [-0.2, -0.15) is 0 Å². The maximum absolute atomic E-state index is 12.9. The molecule has 0 bridgehead atoms. The van der Waals surface area contributed by atoms with Crippen LogP contribution in [0.4, 0.5) is 5.69 Å². The van der Waals surface area contributed by atoms with Gasteiger partial charge in [-0.25, -0.2) is 0 Å². The molecule has 3 heteroatoms. The van der Waals surface area contributed by atoms with E-state index in [2.05, 4.69) is 54.7 Å². The molecule has 1 atom stereocenters. The van der Waals surface area contributed by atoms with Gasteiger partial charge in [0.2, 0.25) is 5.91 Å². The highest BCUT2D eigenvalue weighted by Gasteiger charge is 2.25. The molecule has 1 aliphatic rings. The van der Waals surface area contributed by atoms with Gasteiger partial charge in [-0.15, -0.1) is 0 Å². The Morgan fingerprint density at radius 1 is 0.926 bits per heavy atom. The lowest BCUT2D eigenvalue weighted by Gasteiger charge is -2.23. The third-order valence-electron chi connectivity index (χ3n) is 5.19. The zero-order chi connectivity index (χ0) is 18.6. The van der Waals surface area contributed by atoms with Crippen LogP contribution in [0.3, 0.4) is 0 Å². The Bertz CT molecular complexity index is 919. The molecule has 0 unspecified atom stereocenters. The summed E-state index contributed by atoms with van der Waals surface area (Å²) in [6.07, 6.45) is 0.933. The molecule has 27 heavy (non-hydrogen) atoms. The molecule has 1 amide bonds. The summed E-state index contributed by atoms with van der Waals surface area (Å²) in [6.45, 7) is 3.16. The van der Waals surface area contributed by atoms with Gasteiger partial charge in [0.05, 0.1) is 12.6 Å². The molecule has 4 rings (SSSR count). The van der Waals surface area contributed by atoms with Crippen LogP contribution in [0.1, 0.15) is 28.3 Å². The van der Waals surface area contributed by atoms with Crippen molar-refractivity contribution in [1.29, 1.82) is 0 Å². The quantitative estimate of drug-likeness (QED) is 0.741. The monoisotopic (exact) mass is 356 g/mol. The van der Waals surface area contributed by atoms with E-state index in [1.54, 1.807) is 0 Å². The maximum Gasteiger partial charge on any atom is 0.240 e. The number of hydrogen-bond acceptors (Lipinski definition) is 2. The number of nitrogens with one attached hydrogen (secondary N) is 1. The topological polar surface area (TPSA) is 32.3 Å². The summed E-state index contributed by atoms with van der Waals surface area (Å²) >= 11 is 0. The van der Waals surface area contributed by atoms with Crippen LogP contribution in [0.5, 0.6) is 0 Å². The lowest BCUT2D eigenvalue weighted by Crippen LogP contribution is -2.38. The highest BCUT2D eigenvalue weighted by atomic mass is 16.2. The number of nitrogens with zero attached hydrogens (tertiary/aromatic N) is 1. The van der Waals surface area contributed by atoms with Gasteiger partial charge in [0.25, 0.3) is 0 Å². The number of para-hydroxylation sites is 1. The molecule has 0 spiro atoms. The zero-order valence-corrected chi connectivity index (χ0v) is 15.6. The van der Waals surface area contributed by atoms with Crippen LogP contribution < -0.4 is 10.2 Å². The first-order valence-electron chi connectivity index (χ1n) is 9.45. The number of carbonyl (C=O) groups is 1. The highest BCUT2D eigenvalue weighted by Crippen LogP contribution is 2.28. The van der Waals surface area contributed by atoms with Crippen LogP contribution in [0.25, 0.3) is 0 Å². The van der Waals surface area contributed by atoms with Crippen molar-refractivity contribution >= 4 is 11.6 Å². The van der Waals surface area contributed by atoms with Crippen molar-refractivity contribution in [3.05, 3.63) is 101 Å². The second-order valence-electron chi connectivity index (χ2n) is 7.06. The standard InChI is InChI=1S/C24H24N2O/c1-18-11-13-21(14-12-18)24(20-8-3-2-4-9-20)25-17-23(27)26-16-15-19-7-5-6-10-22(19)26/h2-14,24-25H,15-17H2,1H3/t24-/m1/s1. The van der Waals surface area contributed by atoms with Crippen molar-refractivity contribution in [3.63, 3.8) is 0 Å². The molecule has 3 nitrogen and oxygen atoms in total. The third-order valence-corrected chi connectivity index (χ3v) is 5.19. The summed E-state index contributed by atoms with van der Waals surface area (Å²) < 4.78 is 0. The number of amides is 1. The van der Waals surface area contributed by atoms with E-state index in [0.717, 1.165) is 24.2 Å². The van der Waals surface area contributed by atoms with Crippen LogP contribution in [0.2, 0.25) is 0 Å². The number of anilines is 1. The summed E-state index contributed by atoms with van der Waals surface area (Å²) in [6, 6.07) is 27.0. The number of benzene rings is 3. The summed E-state index contributed by atoms with van der Waals surface area (Å²) in [7, 11) is 0. The van der Waals surface area contributed by atoms with Crippen molar-refractivity contribution in [2.24, 2.45) is 0 Å². The first kappa shape index (κ1) is 17.5. The molecule has 1 heterocycles. The van der Waals surface area contributed by atoms with Gasteiger partial charge < -0.3 is 4.90 Å². The number of fused-ring (bicyclic) bond motifs is 1. The van der Waals surface area contributed by atoms with Gasteiger partial charge in [0, 0.05) is 12.2 Å². The van der Waals surface area contributed by atoms with Crippen molar-refractivity contribution in [2.75, 3.05) is 18.0 Å². The number of aryl methyl sites for hydroxylation is 1. The molecule has 0 aromatic heterocycles. The van der Waals surface area contributed by atoms with Crippen LogP contribution in [-0.4, -0.2) is 19.0 Å². The molecule has 3 aromatic carbocycles. The van der Waals surface area contributed by atoms with Crippen molar-refractivity contribution in [2.45, 2.75) is 19.4 Å². The van der Waals surface area contributed by atoms with Crippen molar-refractivity contribution < 1.29 is 4.79 Å². The zero-order valence-electron chi connectivity index (χ0n) is 15.6. The fraction of sp³-hybridized carbons (Fsp3) is 0.208. The molecule has 0 fully saturated rings. The minimum atomic E-state index is -0.00593. The minimum absolute atomic E-state index is 0.00593. The van der Waals surface area contributed by atoms with E-state index in [1.807, 2.05) is 41.3 Å². The Kier molecular flexibility index (Phi) is 5.03. The van der Waals surface area contributed by atoms with Crippen LogP contribution >= 0.6 is 0 Å². The Morgan fingerprint density at radius 3 is 2.37 bits per heavy atom. The summed E-state index contributed by atoms with van der Waals surface area (Å²) in [5.41, 5.74) is 5.87.